The molecule has 49 heavy (non-hydrogen) atoms. The molecule has 0 N–H and O–H groups in total. The summed E-state index contributed by atoms with van der Waals surface area (Å²) in [6.07, 6.45) is 33.9. The van der Waals surface area contributed by atoms with E-state index in [2.05, 4.69) is 185 Å². The Bertz CT molecular complexity index is 1660. The molecule has 0 heterocycles. The molecule has 10 atom stereocenters. The summed E-state index contributed by atoms with van der Waals surface area (Å²) in [5.41, 5.74) is 7.49. The quantitative estimate of drug-likeness (QED) is 0.217. The molecule has 6 aliphatic carbocycles. The van der Waals surface area contributed by atoms with Crippen molar-refractivity contribution in [3.8, 4) is 0 Å². The van der Waals surface area contributed by atoms with Gasteiger partial charge in [-0.3, -0.25) is 0 Å². The Morgan fingerprint density at radius 1 is 0.531 bits per heavy atom. The summed E-state index contributed by atoms with van der Waals surface area (Å²) in [5, 5.41) is 1.66. The van der Waals surface area contributed by atoms with Crippen LogP contribution in [0.25, 0.3) is 0 Å². The third-order valence-corrected chi connectivity index (χ3v) is 19.8. The van der Waals surface area contributed by atoms with Crippen LogP contribution in [0.3, 0.4) is 0 Å². The Hall–Kier alpha value is -2.90. The van der Waals surface area contributed by atoms with Crippen molar-refractivity contribution in [1.82, 2.24) is 0 Å². The number of allylic oxidation sites excluding steroid dienone is 17. The van der Waals surface area contributed by atoms with Gasteiger partial charge in [0.05, 0.1) is 8.07 Å². The molecule has 7 rings (SSSR count). The standard InChI is InChI=1S/C48H62Si/c1-12-26-49(35-16-14-13-15-17-35,44-40-27-31(2)18-22-36(40)37-23-19-32(28-41(37)44)46(3,4)5)45-42-29-33(47(6,7)8)20-24-38(42)39-25-21-34(30-43(39)45)48(9,10)11/h12-25,27-30,36-45H,1,26H2,2-11H3. The van der Waals surface area contributed by atoms with E-state index in [4.69, 9.17) is 0 Å². The Morgan fingerprint density at radius 2 is 0.898 bits per heavy atom. The molecule has 0 bridgehead atoms. The largest absolute Gasteiger partial charge is 0.103 e. The van der Waals surface area contributed by atoms with E-state index in [1.807, 2.05) is 0 Å². The summed E-state index contributed by atoms with van der Waals surface area (Å²) in [6.45, 7) is 28.6. The number of fused-ring (bicyclic) bond motifs is 6. The zero-order chi connectivity index (χ0) is 35.1. The van der Waals surface area contributed by atoms with Crippen molar-refractivity contribution in [3.05, 3.63) is 138 Å². The highest BCUT2D eigenvalue weighted by Crippen LogP contribution is 2.68. The lowest BCUT2D eigenvalue weighted by molar-refractivity contribution is 0.433. The van der Waals surface area contributed by atoms with Crippen molar-refractivity contribution < 1.29 is 0 Å². The Balaban J connectivity index is 1.54. The van der Waals surface area contributed by atoms with Crippen molar-refractivity contribution >= 4 is 13.3 Å². The average Bonchev–Trinajstić information content (AvgIpc) is 3.54. The Kier molecular flexibility index (Phi) is 8.54. The molecule has 6 aliphatic rings. The molecule has 0 spiro atoms. The lowest BCUT2D eigenvalue weighted by atomic mass is 9.74. The summed E-state index contributed by atoms with van der Waals surface area (Å²) in [4.78, 5) is 0. The van der Waals surface area contributed by atoms with Crippen LogP contribution >= 0.6 is 0 Å². The van der Waals surface area contributed by atoms with E-state index < -0.39 is 8.07 Å². The Morgan fingerprint density at radius 3 is 1.27 bits per heavy atom. The van der Waals surface area contributed by atoms with Gasteiger partial charge >= 0.3 is 0 Å². The molecule has 258 valence electrons. The maximum Gasteiger partial charge on any atom is 0.0988 e. The van der Waals surface area contributed by atoms with Crippen molar-refractivity contribution in [2.75, 3.05) is 0 Å². The topological polar surface area (TPSA) is 0 Å². The normalized spacial score (nSPS) is 36.0. The minimum absolute atomic E-state index is 0.119. The van der Waals surface area contributed by atoms with Crippen LogP contribution in [0.1, 0.15) is 69.2 Å². The van der Waals surface area contributed by atoms with E-state index in [-0.39, 0.29) is 16.2 Å². The first kappa shape index (κ1) is 34.5. The van der Waals surface area contributed by atoms with Crippen LogP contribution in [0.5, 0.6) is 0 Å². The first-order chi connectivity index (χ1) is 23.1. The van der Waals surface area contributed by atoms with E-state index in [1.54, 1.807) is 5.19 Å². The molecule has 0 saturated heterocycles. The zero-order valence-electron chi connectivity index (χ0n) is 32.1. The SMILES string of the molecule is C=CC[Si](c1ccccc1)(C1C2C=C(C)C=CC2C2C=CC(C(C)(C)C)=CC21)C1C2C=C(C(C)(C)C)C=CC2C2C=CC(C(C)(C)C)=CC21. The molecule has 2 saturated carbocycles. The first-order valence-electron chi connectivity index (χ1n) is 19.3. The lowest BCUT2D eigenvalue weighted by Crippen LogP contribution is -2.60. The van der Waals surface area contributed by atoms with Crippen molar-refractivity contribution in [1.29, 1.82) is 0 Å². The third-order valence-electron chi connectivity index (χ3n) is 13.6. The molecule has 1 heteroatoms. The van der Waals surface area contributed by atoms with Crippen molar-refractivity contribution in [3.63, 3.8) is 0 Å². The van der Waals surface area contributed by atoms with Gasteiger partial charge in [0, 0.05) is 0 Å². The summed E-state index contributed by atoms with van der Waals surface area (Å²) in [5.74, 6) is 4.19. The summed E-state index contributed by atoms with van der Waals surface area (Å²) < 4.78 is 0. The minimum Gasteiger partial charge on any atom is -0.103 e. The Labute approximate surface area is 300 Å². The van der Waals surface area contributed by atoms with Crippen LogP contribution in [0.2, 0.25) is 17.1 Å². The van der Waals surface area contributed by atoms with Crippen molar-refractivity contribution in [2.24, 2.45) is 63.6 Å². The molecular formula is C48H62Si. The molecule has 1 aromatic rings. The predicted molar refractivity (Wildman–Crippen MR) is 215 cm³/mol. The molecular weight excluding hydrogens is 605 g/mol. The van der Waals surface area contributed by atoms with E-state index in [0.717, 1.165) is 6.04 Å². The maximum atomic E-state index is 4.62. The van der Waals surface area contributed by atoms with E-state index in [0.29, 0.717) is 58.4 Å². The molecule has 0 amide bonds. The monoisotopic (exact) mass is 666 g/mol. The summed E-state index contributed by atoms with van der Waals surface area (Å²) >= 11 is 0. The fourth-order valence-electron chi connectivity index (χ4n) is 11.3. The van der Waals surface area contributed by atoms with Gasteiger partial charge in [-0.1, -0.05) is 182 Å². The van der Waals surface area contributed by atoms with Crippen LogP contribution < -0.4 is 5.19 Å². The smallest absolute Gasteiger partial charge is 0.0988 e. The highest BCUT2D eigenvalue weighted by molar-refractivity contribution is 6.95. The van der Waals surface area contributed by atoms with Gasteiger partial charge < -0.3 is 0 Å². The third kappa shape index (κ3) is 5.71. The molecule has 0 nitrogen and oxygen atoms in total. The fraction of sp³-hybridized carbons (Fsp3) is 0.500. The van der Waals surface area contributed by atoms with Crippen LogP contribution in [-0.2, 0) is 0 Å². The highest BCUT2D eigenvalue weighted by Gasteiger charge is 2.66. The lowest BCUT2D eigenvalue weighted by Gasteiger charge is -2.51. The second kappa shape index (κ2) is 12.1. The van der Waals surface area contributed by atoms with Crippen LogP contribution in [0, 0.1) is 63.6 Å². The van der Waals surface area contributed by atoms with Gasteiger partial charge in [0.1, 0.15) is 0 Å². The zero-order valence-corrected chi connectivity index (χ0v) is 33.1. The highest BCUT2D eigenvalue weighted by atomic mass is 28.3. The molecule has 0 aromatic heterocycles. The fourth-order valence-corrected chi connectivity index (χ4v) is 18.6. The van der Waals surface area contributed by atoms with Crippen molar-refractivity contribution in [2.45, 2.75) is 86.4 Å². The van der Waals surface area contributed by atoms with Crippen LogP contribution in [0.4, 0.5) is 0 Å². The number of hydrogen-bond donors (Lipinski definition) is 0. The van der Waals surface area contributed by atoms with Gasteiger partial charge in [0.25, 0.3) is 0 Å². The van der Waals surface area contributed by atoms with Gasteiger partial charge in [-0.2, -0.15) is 0 Å². The molecule has 10 unspecified atom stereocenters. The molecule has 0 aliphatic heterocycles. The average molecular weight is 667 g/mol. The minimum atomic E-state index is -2.47. The number of hydrogen-bond acceptors (Lipinski definition) is 0. The van der Waals surface area contributed by atoms with E-state index in [1.165, 1.54) is 22.3 Å². The van der Waals surface area contributed by atoms with Gasteiger partial charge in [0.15, 0.2) is 0 Å². The second-order valence-electron chi connectivity index (χ2n) is 19.5. The number of benzene rings is 1. The molecule has 1 aromatic carbocycles. The summed E-state index contributed by atoms with van der Waals surface area (Å²) in [7, 11) is -2.47. The van der Waals surface area contributed by atoms with Gasteiger partial charge in [-0.25, -0.2) is 0 Å². The van der Waals surface area contributed by atoms with E-state index >= 15 is 0 Å². The molecule has 0 radical (unpaired) electrons. The van der Waals surface area contributed by atoms with Gasteiger partial charge in [-0.05, 0) is 104 Å². The summed E-state index contributed by atoms with van der Waals surface area (Å²) in [6, 6.07) is 13.2. The van der Waals surface area contributed by atoms with E-state index in [9.17, 15) is 0 Å². The second-order valence-corrected chi connectivity index (χ2v) is 23.9. The van der Waals surface area contributed by atoms with Crippen LogP contribution in [0.15, 0.2) is 138 Å². The van der Waals surface area contributed by atoms with Crippen LogP contribution in [-0.4, -0.2) is 8.07 Å². The molecule has 2 fully saturated rings. The van der Waals surface area contributed by atoms with Gasteiger partial charge in [-0.15, -0.1) is 6.58 Å². The predicted octanol–water partition coefficient (Wildman–Crippen LogP) is 12.4. The van der Waals surface area contributed by atoms with Gasteiger partial charge in [0.2, 0.25) is 0 Å². The number of rotatable bonds is 5. The maximum absolute atomic E-state index is 4.62. The first-order valence-corrected chi connectivity index (χ1v) is 21.7.